The van der Waals surface area contributed by atoms with Crippen LogP contribution in [0, 0.1) is 0 Å². The molecule has 0 aliphatic carbocycles. The fourth-order valence-electron chi connectivity index (χ4n) is 3.01. The van der Waals surface area contributed by atoms with Gasteiger partial charge in [-0.2, -0.15) is 0 Å². The van der Waals surface area contributed by atoms with Gasteiger partial charge in [0.25, 0.3) is 0 Å². The third kappa shape index (κ3) is 6.78. The molecule has 0 saturated heterocycles. The Labute approximate surface area is 187 Å². The smallest absolute Gasteiger partial charge is 0.204 e. The lowest BCUT2D eigenvalue weighted by Crippen LogP contribution is -2.12. The van der Waals surface area contributed by atoms with Crippen LogP contribution in [0.25, 0.3) is 0 Å². The number of benzene rings is 1. The molecule has 1 N–H and O–H groups in total. The number of aromatic nitrogens is 5. The van der Waals surface area contributed by atoms with Gasteiger partial charge in [0.2, 0.25) is 5.82 Å². The monoisotopic (exact) mass is 439 g/mol. The van der Waals surface area contributed by atoms with Crippen LogP contribution in [0.1, 0.15) is 49.7 Å². The average Bonchev–Trinajstić information content (AvgIpc) is 3.22. The number of oxime groups is 1. The zero-order chi connectivity index (χ0) is 21.9. The molecule has 2 aromatic heterocycles. The summed E-state index contributed by atoms with van der Waals surface area (Å²) in [7, 11) is 1.78. The second-order valence-electron chi connectivity index (χ2n) is 7.07. The topological polar surface area (TPSA) is 90.1 Å². The van der Waals surface area contributed by atoms with Crippen molar-refractivity contribution < 1.29 is 4.84 Å². The van der Waals surface area contributed by atoms with Crippen LogP contribution >= 0.6 is 11.8 Å². The van der Waals surface area contributed by atoms with Gasteiger partial charge in [0.15, 0.2) is 12.3 Å². The number of unbranched alkanes of at least 4 members (excludes halogenated alkanes) is 3. The lowest BCUT2D eigenvalue weighted by atomic mass is 10.1. The first-order valence-electron chi connectivity index (χ1n) is 10.5. The van der Waals surface area contributed by atoms with E-state index in [4.69, 9.17) is 4.84 Å². The van der Waals surface area contributed by atoms with Gasteiger partial charge < -0.3 is 10.2 Å². The number of hydrogen-bond acceptors (Lipinski definition) is 8. The summed E-state index contributed by atoms with van der Waals surface area (Å²) in [4.78, 5) is 11.4. The molecule has 3 rings (SSSR count). The van der Waals surface area contributed by atoms with Crippen LogP contribution in [0.2, 0.25) is 0 Å². The van der Waals surface area contributed by atoms with E-state index in [1.54, 1.807) is 23.5 Å². The fraction of sp³-hybridized carbons (Fsp3) is 0.409. The van der Waals surface area contributed by atoms with Crippen molar-refractivity contribution in [1.29, 1.82) is 0 Å². The molecule has 9 heteroatoms. The number of aryl methyl sites for hydroxylation is 1. The highest BCUT2D eigenvalue weighted by Crippen LogP contribution is 2.18. The summed E-state index contributed by atoms with van der Waals surface area (Å²) in [5.74, 6) is 1.39. The first-order valence-corrected chi connectivity index (χ1v) is 11.7. The van der Waals surface area contributed by atoms with E-state index < -0.39 is 0 Å². The molecule has 8 nitrogen and oxygen atoms in total. The highest BCUT2D eigenvalue weighted by Gasteiger charge is 2.15. The van der Waals surface area contributed by atoms with Gasteiger partial charge in [-0.1, -0.05) is 49.5 Å². The number of nitrogens with zero attached hydrogens (tertiary/aromatic N) is 6. The third-order valence-electron chi connectivity index (χ3n) is 4.69. The predicted molar refractivity (Wildman–Crippen MR) is 124 cm³/mol. The molecule has 0 aliphatic heterocycles. The SMILES string of the molecule is CCCCCCNc1cccc(CON=C(c2cccc(SC)c2)c2nnnn2C)n1. The zero-order valence-electron chi connectivity index (χ0n) is 18.3. The standard InChI is InChI=1S/C22H29N7OS/c1-4-5-6-7-14-23-20-13-9-11-18(24-20)16-30-26-21(22-25-27-28-29(22)2)17-10-8-12-19(15-17)31-3/h8-13,15H,4-7,14,16H2,1-3H3,(H,23,24). The van der Waals surface area contributed by atoms with Crippen molar-refractivity contribution in [2.75, 3.05) is 18.1 Å². The summed E-state index contributed by atoms with van der Waals surface area (Å²) in [5, 5.41) is 19.5. The van der Waals surface area contributed by atoms with Crippen LogP contribution in [-0.2, 0) is 18.5 Å². The molecular formula is C22H29N7OS. The minimum atomic E-state index is 0.252. The summed E-state index contributed by atoms with van der Waals surface area (Å²) in [6.07, 6.45) is 6.92. The van der Waals surface area contributed by atoms with Crippen molar-refractivity contribution in [2.24, 2.45) is 12.2 Å². The fourth-order valence-corrected chi connectivity index (χ4v) is 3.47. The second-order valence-corrected chi connectivity index (χ2v) is 7.95. The van der Waals surface area contributed by atoms with Crippen molar-refractivity contribution >= 4 is 23.3 Å². The normalized spacial score (nSPS) is 11.5. The van der Waals surface area contributed by atoms with Crippen LogP contribution in [0.15, 0.2) is 52.5 Å². The van der Waals surface area contributed by atoms with Crippen molar-refractivity contribution in [2.45, 2.75) is 44.1 Å². The molecule has 0 saturated carbocycles. The quantitative estimate of drug-likeness (QED) is 0.195. The number of hydrogen-bond donors (Lipinski definition) is 1. The Balaban J connectivity index is 1.69. The molecule has 0 atom stereocenters. The van der Waals surface area contributed by atoms with Gasteiger partial charge in [-0.3, -0.25) is 0 Å². The minimum absolute atomic E-state index is 0.252. The Kier molecular flexibility index (Phi) is 8.84. The summed E-state index contributed by atoms with van der Waals surface area (Å²) >= 11 is 1.66. The third-order valence-corrected chi connectivity index (χ3v) is 5.41. The lowest BCUT2D eigenvalue weighted by molar-refractivity contribution is 0.128. The molecule has 0 fully saturated rings. The van der Waals surface area contributed by atoms with E-state index in [1.807, 2.05) is 48.7 Å². The molecule has 2 heterocycles. The molecule has 0 amide bonds. The number of tetrazole rings is 1. The number of pyridine rings is 1. The molecule has 0 aliphatic rings. The molecule has 0 unspecified atom stereocenters. The Morgan fingerprint density at radius 1 is 1.16 bits per heavy atom. The minimum Gasteiger partial charge on any atom is -0.389 e. The van der Waals surface area contributed by atoms with Crippen molar-refractivity contribution in [3.8, 4) is 0 Å². The largest absolute Gasteiger partial charge is 0.389 e. The Hall–Kier alpha value is -2.94. The molecular weight excluding hydrogens is 410 g/mol. The molecule has 164 valence electrons. The van der Waals surface area contributed by atoms with Crippen LogP contribution in [0.3, 0.4) is 0 Å². The molecule has 3 aromatic rings. The number of nitrogens with one attached hydrogen (secondary N) is 1. The summed E-state index contributed by atoms with van der Waals surface area (Å²) < 4.78 is 1.58. The number of rotatable bonds is 12. The van der Waals surface area contributed by atoms with E-state index in [-0.39, 0.29) is 6.61 Å². The Morgan fingerprint density at radius 2 is 2.03 bits per heavy atom. The van der Waals surface area contributed by atoms with Gasteiger partial charge in [0.05, 0.1) is 5.69 Å². The molecule has 0 radical (unpaired) electrons. The zero-order valence-corrected chi connectivity index (χ0v) is 19.1. The highest BCUT2D eigenvalue weighted by molar-refractivity contribution is 7.98. The first-order chi connectivity index (χ1) is 15.2. The highest BCUT2D eigenvalue weighted by atomic mass is 32.2. The van der Waals surface area contributed by atoms with Crippen LogP contribution in [-0.4, -0.2) is 43.7 Å². The van der Waals surface area contributed by atoms with E-state index in [0.717, 1.165) is 34.9 Å². The van der Waals surface area contributed by atoms with E-state index >= 15 is 0 Å². The molecule has 0 spiro atoms. The van der Waals surface area contributed by atoms with Gasteiger partial charge in [-0.25, -0.2) is 9.67 Å². The maximum absolute atomic E-state index is 5.68. The van der Waals surface area contributed by atoms with Crippen LogP contribution in [0.4, 0.5) is 5.82 Å². The van der Waals surface area contributed by atoms with Gasteiger partial charge in [0.1, 0.15) is 5.82 Å². The van der Waals surface area contributed by atoms with Gasteiger partial charge >= 0.3 is 0 Å². The van der Waals surface area contributed by atoms with Crippen molar-refractivity contribution in [1.82, 2.24) is 25.2 Å². The van der Waals surface area contributed by atoms with Crippen LogP contribution < -0.4 is 5.32 Å². The van der Waals surface area contributed by atoms with E-state index in [2.05, 4.69) is 37.9 Å². The Bertz CT molecular complexity index is 989. The number of thioether (sulfide) groups is 1. The van der Waals surface area contributed by atoms with Gasteiger partial charge in [-0.15, -0.1) is 16.9 Å². The maximum atomic E-state index is 5.68. The summed E-state index contributed by atoms with van der Waals surface area (Å²) in [6.45, 7) is 3.39. The van der Waals surface area contributed by atoms with E-state index in [9.17, 15) is 0 Å². The Morgan fingerprint density at radius 3 is 2.81 bits per heavy atom. The first kappa shape index (κ1) is 22.7. The molecule has 1 aromatic carbocycles. The molecule has 0 bridgehead atoms. The lowest BCUT2D eigenvalue weighted by Gasteiger charge is -2.08. The van der Waals surface area contributed by atoms with Gasteiger partial charge in [-0.05, 0) is 47.4 Å². The maximum Gasteiger partial charge on any atom is 0.204 e. The predicted octanol–water partition coefficient (Wildman–Crippen LogP) is 4.29. The second kappa shape index (κ2) is 12.0. The van der Waals surface area contributed by atoms with Crippen molar-refractivity contribution in [3.63, 3.8) is 0 Å². The van der Waals surface area contributed by atoms with E-state index in [0.29, 0.717) is 11.5 Å². The van der Waals surface area contributed by atoms with Crippen molar-refractivity contribution in [3.05, 3.63) is 59.5 Å². The summed E-state index contributed by atoms with van der Waals surface area (Å²) in [5.41, 5.74) is 2.27. The van der Waals surface area contributed by atoms with Crippen LogP contribution in [0.5, 0.6) is 0 Å². The van der Waals surface area contributed by atoms with Gasteiger partial charge in [0, 0.05) is 24.1 Å². The molecule has 31 heavy (non-hydrogen) atoms. The summed E-state index contributed by atoms with van der Waals surface area (Å²) in [6, 6.07) is 13.9. The number of anilines is 1. The van der Waals surface area contributed by atoms with E-state index in [1.165, 1.54) is 19.3 Å². The average molecular weight is 440 g/mol.